The Labute approximate surface area is 100 Å². The van der Waals surface area contributed by atoms with Crippen molar-refractivity contribution in [3.8, 4) is 0 Å². The molecule has 1 aliphatic carbocycles. The molecular formula is C13H15ClO2. The Balaban J connectivity index is 2.09. The van der Waals surface area contributed by atoms with Gasteiger partial charge in [0.15, 0.2) is 0 Å². The third kappa shape index (κ3) is 2.38. The quantitative estimate of drug-likeness (QED) is 0.820. The second-order valence-corrected chi connectivity index (χ2v) is 4.80. The summed E-state index contributed by atoms with van der Waals surface area (Å²) in [4.78, 5) is 10.6. The minimum absolute atomic E-state index is 0.0238. The maximum atomic E-state index is 10.6. The van der Waals surface area contributed by atoms with Crippen molar-refractivity contribution >= 4 is 17.6 Å². The number of aryl methyl sites for hydroxylation is 1. The van der Waals surface area contributed by atoms with E-state index in [0.29, 0.717) is 12.3 Å². The molecule has 1 aliphatic rings. The van der Waals surface area contributed by atoms with Crippen LogP contribution in [0.3, 0.4) is 0 Å². The number of benzene rings is 1. The molecule has 0 saturated carbocycles. The zero-order valence-corrected chi connectivity index (χ0v) is 9.78. The predicted molar refractivity (Wildman–Crippen MR) is 63.7 cm³/mol. The molecule has 0 fully saturated rings. The summed E-state index contributed by atoms with van der Waals surface area (Å²) in [5.41, 5.74) is 2.50. The highest BCUT2D eigenvalue weighted by molar-refractivity contribution is 6.21. The highest BCUT2D eigenvalue weighted by atomic mass is 35.5. The molecule has 0 amide bonds. The first-order valence-electron chi connectivity index (χ1n) is 5.62. The number of fused-ring (bicyclic) bond motifs is 1. The first-order valence-corrected chi connectivity index (χ1v) is 6.06. The fraction of sp³-hybridized carbons (Fsp3) is 0.462. The van der Waals surface area contributed by atoms with Crippen LogP contribution in [0, 0.1) is 5.92 Å². The lowest BCUT2D eigenvalue weighted by atomic mass is 9.81. The fourth-order valence-corrected chi connectivity index (χ4v) is 2.84. The Morgan fingerprint density at radius 2 is 2.19 bits per heavy atom. The van der Waals surface area contributed by atoms with Crippen LogP contribution in [0.4, 0.5) is 0 Å². The monoisotopic (exact) mass is 238 g/mol. The normalized spacial score (nSPS) is 23.8. The molecule has 0 aromatic heterocycles. The number of carbonyl (C=O) groups is 1. The van der Waals surface area contributed by atoms with E-state index in [9.17, 15) is 4.79 Å². The molecule has 3 heteroatoms. The summed E-state index contributed by atoms with van der Waals surface area (Å²) in [5.74, 6) is -0.435. The summed E-state index contributed by atoms with van der Waals surface area (Å²) in [6, 6.07) is 8.19. The van der Waals surface area contributed by atoms with E-state index >= 15 is 0 Å². The molecule has 2 rings (SSSR count). The average Bonchev–Trinajstić information content (AvgIpc) is 2.28. The second-order valence-electron chi connectivity index (χ2n) is 4.33. The van der Waals surface area contributed by atoms with Gasteiger partial charge in [0.2, 0.25) is 0 Å². The third-order valence-corrected chi connectivity index (χ3v) is 3.87. The second kappa shape index (κ2) is 4.88. The number of halogens is 1. The van der Waals surface area contributed by atoms with Crippen LogP contribution in [0.5, 0.6) is 0 Å². The van der Waals surface area contributed by atoms with Gasteiger partial charge in [0, 0.05) is 6.42 Å². The van der Waals surface area contributed by atoms with Crippen molar-refractivity contribution in [2.45, 2.75) is 31.1 Å². The Hall–Kier alpha value is -1.02. The molecule has 16 heavy (non-hydrogen) atoms. The summed E-state index contributed by atoms with van der Waals surface area (Å²) in [5, 5.41) is 8.66. The summed E-state index contributed by atoms with van der Waals surface area (Å²) in [6.45, 7) is 0. The molecule has 86 valence electrons. The Bertz CT molecular complexity index is 389. The molecule has 2 atom stereocenters. The summed E-state index contributed by atoms with van der Waals surface area (Å²) in [7, 11) is 0. The van der Waals surface area contributed by atoms with Gasteiger partial charge in [-0.05, 0) is 36.3 Å². The Kier molecular flexibility index (Phi) is 3.49. The number of hydrogen-bond donors (Lipinski definition) is 1. The molecule has 1 aromatic rings. The average molecular weight is 239 g/mol. The lowest BCUT2D eigenvalue weighted by molar-refractivity contribution is -0.137. The lowest BCUT2D eigenvalue weighted by Crippen LogP contribution is -2.18. The van der Waals surface area contributed by atoms with Crippen molar-refractivity contribution in [3.63, 3.8) is 0 Å². The van der Waals surface area contributed by atoms with E-state index in [2.05, 4.69) is 12.1 Å². The first kappa shape index (κ1) is 11.5. The molecule has 0 aliphatic heterocycles. The maximum Gasteiger partial charge on any atom is 0.303 e. The fourth-order valence-electron chi connectivity index (χ4n) is 2.37. The smallest absolute Gasteiger partial charge is 0.303 e. The minimum Gasteiger partial charge on any atom is -0.481 e. The van der Waals surface area contributed by atoms with Gasteiger partial charge in [-0.15, -0.1) is 11.6 Å². The van der Waals surface area contributed by atoms with Gasteiger partial charge in [-0.1, -0.05) is 24.3 Å². The number of rotatable bonds is 3. The number of hydrogen-bond acceptors (Lipinski definition) is 1. The minimum atomic E-state index is -0.734. The standard InChI is InChI=1S/C13H15ClO2/c14-13-10(7-8-12(15)16)6-5-9-3-1-2-4-11(9)13/h1-4,10,13H,5-8H2,(H,15,16). The SMILES string of the molecule is O=C(O)CCC1CCc2ccccc2C1Cl. The van der Waals surface area contributed by atoms with Gasteiger partial charge < -0.3 is 5.11 Å². The van der Waals surface area contributed by atoms with Gasteiger partial charge >= 0.3 is 5.97 Å². The van der Waals surface area contributed by atoms with Crippen LogP contribution in [0.15, 0.2) is 24.3 Å². The molecule has 1 aromatic carbocycles. The maximum absolute atomic E-state index is 10.6. The van der Waals surface area contributed by atoms with Gasteiger partial charge in [-0.25, -0.2) is 0 Å². The summed E-state index contributed by atoms with van der Waals surface area (Å²) < 4.78 is 0. The molecule has 0 saturated heterocycles. The van der Waals surface area contributed by atoms with Crippen LogP contribution in [0.1, 0.15) is 35.8 Å². The largest absolute Gasteiger partial charge is 0.481 e. The molecular weight excluding hydrogens is 224 g/mol. The summed E-state index contributed by atoms with van der Waals surface area (Å²) >= 11 is 6.40. The van der Waals surface area contributed by atoms with Crippen LogP contribution in [0.25, 0.3) is 0 Å². The molecule has 1 N–H and O–H groups in total. The number of aliphatic carboxylic acids is 1. The van der Waals surface area contributed by atoms with E-state index in [1.807, 2.05) is 12.1 Å². The number of carboxylic acids is 1. The van der Waals surface area contributed by atoms with Crippen LogP contribution in [0.2, 0.25) is 0 Å². The van der Waals surface area contributed by atoms with Gasteiger partial charge in [0.1, 0.15) is 0 Å². The first-order chi connectivity index (χ1) is 7.68. The third-order valence-electron chi connectivity index (χ3n) is 3.28. The van der Waals surface area contributed by atoms with Gasteiger partial charge in [0.25, 0.3) is 0 Å². The lowest BCUT2D eigenvalue weighted by Gasteiger charge is -2.29. The van der Waals surface area contributed by atoms with Crippen molar-refractivity contribution in [3.05, 3.63) is 35.4 Å². The van der Waals surface area contributed by atoms with E-state index in [-0.39, 0.29) is 11.8 Å². The van der Waals surface area contributed by atoms with Crippen molar-refractivity contribution < 1.29 is 9.90 Å². The molecule has 0 heterocycles. The Morgan fingerprint density at radius 3 is 2.94 bits per heavy atom. The van der Waals surface area contributed by atoms with Crippen molar-refractivity contribution in [2.75, 3.05) is 0 Å². The van der Waals surface area contributed by atoms with Gasteiger partial charge in [0.05, 0.1) is 5.38 Å². The zero-order chi connectivity index (χ0) is 11.5. The van der Waals surface area contributed by atoms with Crippen molar-refractivity contribution in [2.24, 2.45) is 5.92 Å². The predicted octanol–water partition coefficient (Wildman–Crippen LogP) is 3.39. The number of carboxylic acid groups (broad SMARTS) is 1. The Morgan fingerprint density at radius 1 is 1.44 bits per heavy atom. The van der Waals surface area contributed by atoms with E-state index in [0.717, 1.165) is 12.8 Å². The van der Waals surface area contributed by atoms with E-state index in [4.69, 9.17) is 16.7 Å². The van der Waals surface area contributed by atoms with Crippen molar-refractivity contribution in [1.82, 2.24) is 0 Å². The van der Waals surface area contributed by atoms with Crippen LogP contribution in [-0.2, 0) is 11.2 Å². The number of alkyl halides is 1. The van der Waals surface area contributed by atoms with Crippen LogP contribution in [-0.4, -0.2) is 11.1 Å². The molecule has 0 spiro atoms. The molecule has 0 radical (unpaired) electrons. The van der Waals surface area contributed by atoms with Crippen molar-refractivity contribution in [1.29, 1.82) is 0 Å². The van der Waals surface area contributed by atoms with Crippen LogP contribution < -0.4 is 0 Å². The van der Waals surface area contributed by atoms with Crippen LogP contribution >= 0.6 is 11.6 Å². The topological polar surface area (TPSA) is 37.3 Å². The van der Waals surface area contributed by atoms with Gasteiger partial charge in [-0.3, -0.25) is 4.79 Å². The van der Waals surface area contributed by atoms with E-state index < -0.39 is 5.97 Å². The van der Waals surface area contributed by atoms with E-state index in [1.54, 1.807) is 0 Å². The highest BCUT2D eigenvalue weighted by Gasteiger charge is 2.27. The highest BCUT2D eigenvalue weighted by Crippen LogP contribution is 2.41. The molecule has 2 nitrogen and oxygen atoms in total. The van der Waals surface area contributed by atoms with E-state index in [1.165, 1.54) is 11.1 Å². The molecule has 2 unspecified atom stereocenters. The summed E-state index contributed by atoms with van der Waals surface area (Å²) in [6.07, 6.45) is 2.91. The molecule has 0 bridgehead atoms. The zero-order valence-electron chi connectivity index (χ0n) is 9.03. The van der Waals surface area contributed by atoms with Gasteiger partial charge in [-0.2, -0.15) is 0 Å².